The van der Waals surface area contributed by atoms with Gasteiger partial charge in [-0.05, 0) is 43.0 Å². The molecule has 0 aromatic heterocycles. The summed E-state index contributed by atoms with van der Waals surface area (Å²) in [6.07, 6.45) is 1.30. The van der Waals surface area contributed by atoms with Gasteiger partial charge in [-0.1, -0.05) is 30.3 Å². The number of methoxy groups -OCH3 is 2. The van der Waals surface area contributed by atoms with Gasteiger partial charge in [-0.2, -0.15) is 0 Å². The Bertz CT molecular complexity index is 935. The van der Waals surface area contributed by atoms with Gasteiger partial charge in [0.2, 0.25) is 0 Å². The second-order valence-electron chi connectivity index (χ2n) is 6.98. The van der Waals surface area contributed by atoms with Crippen LogP contribution in [-0.2, 0) is 23.5 Å². The number of ether oxygens (including phenoxy) is 2. The maximum Gasteiger partial charge on any atom is 0.252 e. The summed E-state index contributed by atoms with van der Waals surface area (Å²) >= 11 is 0. The molecule has 0 saturated heterocycles. The number of hydrogen-bond acceptors (Lipinski definition) is 4. The Morgan fingerprint density at radius 1 is 1.07 bits per heavy atom. The van der Waals surface area contributed by atoms with Crippen molar-refractivity contribution in [3.05, 3.63) is 70.3 Å². The molecule has 2 aromatic rings. The van der Waals surface area contributed by atoms with Crippen LogP contribution in [0.1, 0.15) is 30.0 Å². The smallest absolute Gasteiger partial charge is 0.252 e. The van der Waals surface area contributed by atoms with E-state index in [1.165, 1.54) is 0 Å². The van der Waals surface area contributed by atoms with Crippen LogP contribution in [0, 0.1) is 0 Å². The lowest BCUT2D eigenvalue weighted by Crippen LogP contribution is -2.47. The molecule has 5 heteroatoms. The molecule has 0 bridgehead atoms. The molecule has 0 spiro atoms. The highest BCUT2D eigenvalue weighted by Crippen LogP contribution is 2.52. The zero-order chi connectivity index (χ0) is 19.2. The monoisotopic (exact) mass is 365 g/mol. The average Bonchev–Trinajstić information content (AvgIpc) is 2.88. The molecule has 140 valence electrons. The van der Waals surface area contributed by atoms with Crippen molar-refractivity contribution in [1.29, 1.82) is 0 Å². The molecule has 5 nitrogen and oxygen atoms in total. The lowest BCUT2D eigenvalue weighted by atomic mass is 9.79. The second kappa shape index (κ2) is 6.43. The molecule has 1 aliphatic heterocycles. The van der Waals surface area contributed by atoms with E-state index in [9.17, 15) is 9.90 Å². The number of carbonyl (C=O) groups excluding carboxylic acids is 1. The van der Waals surface area contributed by atoms with Crippen LogP contribution in [0.25, 0.3) is 0 Å². The Morgan fingerprint density at radius 2 is 1.81 bits per heavy atom. The van der Waals surface area contributed by atoms with Gasteiger partial charge in [0.25, 0.3) is 5.91 Å². The number of hydrogen-bond donors (Lipinski definition) is 1. The topological polar surface area (TPSA) is 59.0 Å². The fraction of sp³-hybridized carbons (Fsp3) is 0.318. The average molecular weight is 365 g/mol. The number of amides is 1. The third-order valence-corrected chi connectivity index (χ3v) is 5.66. The van der Waals surface area contributed by atoms with E-state index in [4.69, 9.17) is 9.47 Å². The molecule has 2 aliphatic rings. The predicted octanol–water partition coefficient (Wildman–Crippen LogP) is 3.15. The first-order valence-corrected chi connectivity index (χ1v) is 9.05. The van der Waals surface area contributed by atoms with Crippen LogP contribution in [0.15, 0.2) is 53.6 Å². The van der Waals surface area contributed by atoms with Gasteiger partial charge in [0.15, 0.2) is 17.2 Å². The van der Waals surface area contributed by atoms with Gasteiger partial charge in [0.1, 0.15) is 0 Å². The minimum atomic E-state index is -1.45. The number of nitrogens with zero attached hydrogens (tertiary/aromatic N) is 1. The van der Waals surface area contributed by atoms with E-state index in [2.05, 4.69) is 0 Å². The molecule has 0 radical (unpaired) electrons. The molecule has 2 aromatic carbocycles. The van der Waals surface area contributed by atoms with Crippen LogP contribution in [0.4, 0.5) is 0 Å². The van der Waals surface area contributed by atoms with Gasteiger partial charge in [-0.3, -0.25) is 9.69 Å². The Kier molecular flexibility index (Phi) is 4.19. The zero-order valence-corrected chi connectivity index (χ0v) is 15.8. The van der Waals surface area contributed by atoms with E-state index in [0.29, 0.717) is 42.0 Å². The highest BCUT2D eigenvalue weighted by Gasteiger charge is 2.53. The molecule has 1 atom stereocenters. The van der Waals surface area contributed by atoms with Crippen molar-refractivity contribution in [2.75, 3.05) is 14.2 Å². The first-order chi connectivity index (χ1) is 13.0. The second-order valence-corrected chi connectivity index (χ2v) is 6.98. The van der Waals surface area contributed by atoms with E-state index in [1.54, 1.807) is 32.1 Å². The number of rotatable bonds is 4. The summed E-state index contributed by atoms with van der Waals surface area (Å²) in [5.74, 6) is 1.13. The summed E-state index contributed by atoms with van der Waals surface area (Å²) in [4.78, 5) is 14.6. The number of benzene rings is 2. The number of aliphatic hydroxyl groups is 1. The summed E-state index contributed by atoms with van der Waals surface area (Å²) in [6.45, 7) is 2.14. The third kappa shape index (κ3) is 2.46. The first kappa shape index (κ1) is 17.6. The van der Waals surface area contributed by atoms with E-state index < -0.39 is 5.72 Å². The summed E-state index contributed by atoms with van der Waals surface area (Å²) in [5.41, 5.74) is 2.52. The van der Waals surface area contributed by atoms with Crippen LogP contribution in [0.2, 0.25) is 0 Å². The summed E-state index contributed by atoms with van der Waals surface area (Å²) in [6, 6.07) is 13.4. The maximum atomic E-state index is 13.0. The van der Waals surface area contributed by atoms with Crippen molar-refractivity contribution in [3.8, 4) is 11.5 Å². The SMILES string of the molecule is COc1ccc2c(c1OC)CCC1=C(C)C(=O)N(Cc3ccccc3)C12O. The zero-order valence-electron chi connectivity index (χ0n) is 15.8. The van der Waals surface area contributed by atoms with Crippen LogP contribution in [0.3, 0.4) is 0 Å². The molecule has 0 saturated carbocycles. The molecule has 1 unspecified atom stereocenters. The minimum Gasteiger partial charge on any atom is -0.493 e. The standard InChI is InChI=1S/C22H23NO4/c1-14-17-10-9-16-18(11-12-19(26-2)20(16)27-3)22(17,25)23(21(14)24)13-15-7-5-4-6-8-15/h4-8,11-12,25H,9-10,13H2,1-3H3. The largest absolute Gasteiger partial charge is 0.493 e. The Labute approximate surface area is 158 Å². The lowest BCUT2D eigenvalue weighted by Gasteiger charge is -2.41. The molecule has 1 aliphatic carbocycles. The molecule has 1 N–H and O–H groups in total. The minimum absolute atomic E-state index is 0.126. The molecule has 0 fully saturated rings. The first-order valence-electron chi connectivity index (χ1n) is 9.05. The van der Waals surface area contributed by atoms with Gasteiger partial charge >= 0.3 is 0 Å². The van der Waals surface area contributed by atoms with Gasteiger partial charge in [-0.25, -0.2) is 0 Å². The van der Waals surface area contributed by atoms with Crippen molar-refractivity contribution in [2.24, 2.45) is 0 Å². The van der Waals surface area contributed by atoms with Crippen molar-refractivity contribution >= 4 is 5.91 Å². The predicted molar refractivity (Wildman–Crippen MR) is 101 cm³/mol. The fourth-order valence-electron chi connectivity index (χ4n) is 4.34. The Hall–Kier alpha value is -2.79. The Balaban J connectivity index is 1.87. The summed E-state index contributed by atoms with van der Waals surface area (Å²) < 4.78 is 11.0. The van der Waals surface area contributed by atoms with Crippen molar-refractivity contribution < 1.29 is 19.4 Å². The van der Waals surface area contributed by atoms with Gasteiger partial charge in [0.05, 0.1) is 14.2 Å². The molecule has 27 heavy (non-hydrogen) atoms. The van der Waals surface area contributed by atoms with Gasteiger partial charge in [0, 0.05) is 23.2 Å². The van der Waals surface area contributed by atoms with E-state index >= 15 is 0 Å². The fourth-order valence-corrected chi connectivity index (χ4v) is 4.34. The summed E-state index contributed by atoms with van der Waals surface area (Å²) in [5, 5.41) is 11.9. The lowest BCUT2D eigenvalue weighted by molar-refractivity contribution is -0.147. The molecule has 4 rings (SSSR count). The molecule has 1 heterocycles. The molecule has 1 amide bonds. The van der Waals surface area contributed by atoms with Crippen LogP contribution < -0.4 is 9.47 Å². The van der Waals surface area contributed by atoms with E-state index in [0.717, 1.165) is 16.7 Å². The van der Waals surface area contributed by atoms with Crippen LogP contribution >= 0.6 is 0 Å². The van der Waals surface area contributed by atoms with Gasteiger partial charge in [-0.15, -0.1) is 0 Å². The quantitative estimate of drug-likeness (QED) is 0.904. The summed E-state index contributed by atoms with van der Waals surface area (Å²) in [7, 11) is 3.19. The Morgan fingerprint density at radius 3 is 2.48 bits per heavy atom. The van der Waals surface area contributed by atoms with Crippen molar-refractivity contribution in [3.63, 3.8) is 0 Å². The van der Waals surface area contributed by atoms with E-state index in [-0.39, 0.29) is 5.91 Å². The maximum absolute atomic E-state index is 13.0. The van der Waals surface area contributed by atoms with E-state index in [1.807, 2.05) is 36.4 Å². The highest BCUT2D eigenvalue weighted by molar-refractivity contribution is 5.98. The van der Waals surface area contributed by atoms with Gasteiger partial charge < -0.3 is 14.6 Å². The van der Waals surface area contributed by atoms with Crippen molar-refractivity contribution in [2.45, 2.75) is 32.0 Å². The third-order valence-electron chi connectivity index (χ3n) is 5.66. The number of carbonyl (C=O) groups is 1. The number of fused-ring (bicyclic) bond motifs is 3. The van der Waals surface area contributed by atoms with Crippen LogP contribution in [0.5, 0.6) is 11.5 Å². The highest BCUT2D eigenvalue weighted by atomic mass is 16.5. The molecular weight excluding hydrogens is 342 g/mol. The van der Waals surface area contributed by atoms with Crippen LogP contribution in [-0.4, -0.2) is 30.1 Å². The normalized spacial score (nSPS) is 21.2. The van der Waals surface area contributed by atoms with Crippen molar-refractivity contribution in [1.82, 2.24) is 4.90 Å². The molecular formula is C22H23NO4.